The molecule has 4 nitrogen and oxygen atoms in total. The van der Waals surface area contributed by atoms with E-state index in [1.165, 1.54) is 23.8 Å². The topological polar surface area (TPSA) is 48.1 Å². The maximum atomic E-state index is 12.5. The minimum Gasteiger partial charge on any atom is -0.361 e. The first-order chi connectivity index (χ1) is 14.2. The Bertz CT molecular complexity index is 961. The Balaban J connectivity index is 1.31. The molecule has 1 aliphatic rings. The number of fused-ring (bicyclic) bond motifs is 1. The van der Waals surface area contributed by atoms with Crippen molar-refractivity contribution in [2.24, 2.45) is 0 Å². The average Bonchev–Trinajstić information content (AvgIpc) is 3.40. The van der Waals surface area contributed by atoms with Crippen molar-refractivity contribution < 1.29 is 4.79 Å². The van der Waals surface area contributed by atoms with Crippen LogP contribution in [0.25, 0.3) is 10.9 Å². The molecule has 0 aliphatic carbocycles. The van der Waals surface area contributed by atoms with Crippen molar-refractivity contribution in [3.8, 4) is 0 Å². The maximum Gasteiger partial charge on any atom is 0.220 e. The molecule has 2 heterocycles. The average molecular weight is 410 g/mol. The lowest BCUT2D eigenvalue weighted by Crippen LogP contribution is -2.36. The number of hydrogen-bond donors (Lipinski definition) is 2. The molecule has 1 aliphatic heterocycles. The van der Waals surface area contributed by atoms with Crippen molar-refractivity contribution in [2.75, 3.05) is 19.6 Å². The molecular weight excluding hydrogens is 382 g/mol. The molecule has 1 atom stereocenters. The van der Waals surface area contributed by atoms with Crippen molar-refractivity contribution in [1.29, 1.82) is 0 Å². The summed E-state index contributed by atoms with van der Waals surface area (Å²) < 4.78 is 0. The molecule has 4 rings (SSSR count). The summed E-state index contributed by atoms with van der Waals surface area (Å²) >= 11 is 6.46. The van der Waals surface area contributed by atoms with Crippen LogP contribution in [-0.2, 0) is 11.2 Å². The normalized spacial score (nSPS) is 15.6. The summed E-state index contributed by atoms with van der Waals surface area (Å²) in [6.45, 7) is 2.73. The lowest BCUT2D eigenvalue weighted by molar-refractivity contribution is -0.121. The first kappa shape index (κ1) is 20.0. The van der Waals surface area contributed by atoms with Crippen LogP contribution >= 0.6 is 11.6 Å². The zero-order valence-electron chi connectivity index (χ0n) is 16.7. The van der Waals surface area contributed by atoms with Gasteiger partial charge in [0.25, 0.3) is 0 Å². The third kappa shape index (κ3) is 4.82. The Labute approximate surface area is 177 Å². The molecule has 3 aromatic rings. The summed E-state index contributed by atoms with van der Waals surface area (Å²) in [6.07, 6.45) is 6.75. The van der Waals surface area contributed by atoms with E-state index in [2.05, 4.69) is 45.7 Å². The number of nitrogens with one attached hydrogen (secondary N) is 2. The van der Waals surface area contributed by atoms with E-state index in [-0.39, 0.29) is 11.9 Å². The van der Waals surface area contributed by atoms with Crippen LogP contribution in [0.3, 0.4) is 0 Å². The van der Waals surface area contributed by atoms with Gasteiger partial charge in [0.15, 0.2) is 0 Å². The van der Waals surface area contributed by atoms with E-state index < -0.39 is 0 Å². The number of carbonyl (C=O) groups excluding carboxylic acids is 1. The predicted octanol–water partition coefficient (Wildman–Crippen LogP) is 5.10. The molecule has 1 saturated heterocycles. The number of benzene rings is 2. The van der Waals surface area contributed by atoms with Crippen LogP contribution in [0.2, 0.25) is 5.02 Å². The van der Waals surface area contributed by atoms with E-state index in [4.69, 9.17) is 11.6 Å². The van der Waals surface area contributed by atoms with Crippen LogP contribution in [0.4, 0.5) is 0 Å². The SMILES string of the molecule is O=C(CCCc1c[nH]c2ccccc12)NCC(c1ccccc1Cl)N1CCCC1. The Morgan fingerprint density at radius 2 is 1.86 bits per heavy atom. The molecule has 2 N–H and O–H groups in total. The van der Waals surface area contributed by atoms with Crippen molar-refractivity contribution >= 4 is 28.4 Å². The van der Waals surface area contributed by atoms with E-state index in [1.807, 2.05) is 24.3 Å². The summed E-state index contributed by atoms with van der Waals surface area (Å²) in [6, 6.07) is 16.4. The first-order valence-corrected chi connectivity index (χ1v) is 10.9. The van der Waals surface area contributed by atoms with Gasteiger partial charge >= 0.3 is 0 Å². The Morgan fingerprint density at radius 1 is 1.10 bits per heavy atom. The number of rotatable bonds is 8. The van der Waals surface area contributed by atoms with Crippen molar-refractivity contribution in [3.05, 3.63) is 70.9 Å². The summed E-state index contributed by atoms with van der Waals surface area (Å²) in [4.78, 5) is 18.2. The molecule has 1 aromatic heterocycles. The highest BCUT2D eigenvalue weighted by molar-refractivity contribution is 6.31. The number of carbonyl (C=O) groups is 1. The molecule has 0 saturated carbocycles. The Morgan fingerprint density at radius 3 is 2.69 bits per heavy atom. The minimum absolute atomic E-state index is 0.112. The highest BCUT2D eigenvalue weighted by Crippen LogP contribution is 2.29. The quantitative estimate of drug-likeness (QED) is 0.543. The number of aromatic amines is 1. The third-order valence-electron chi connectivity index (χ3n) is 5.86. The number of nitrogens with zero attached hydrogens (tertiary/aromatic N) is 1. The van der Waals surface area contributed by atoms with Gasteiger partial charge in [0.05, 0.1) is 6.04 Å². The summed E-state index contributed by atoms with van der Waals surface area (Å²) in [5.41, 5.74) is 3.54. The van der Waals surface area contributed by atoms with Gasteiger partial charge in [0.1, 0.15) is 0 Å². The molecule has 0 spiro atoms. The van der Waals surface area contributed by atoms with Crippen LogP contribution in [0.5, 0.6) is 0 Å². The van der Waals surface area contributed by atoms with Crippen LogP contribution < -0.4 is 5.32 Å². The van der Waals surface area contributed by atoms with Gasteiger partial charge in [-0.2, -0.15) is 0 Å². The number of para-hydroxylation sites is 1. The molecule has 0 bridgehead atoms. The fraction of sp³-hybridized carbons (Fsp3) is 0.375. The number of H-pyrrole nitrogens is 1. The zero-order valence-corrected chi connectivity index (χ0v) is 17.4. The fourth-order valence-corrected chi connectivity index (χ4v) is 4.57. The van der Waals surface area contributed by atoms with Gasteiger partial charge in [-0.25, -0.2) is 0 Å². The summed E-state index contributed by atoms with van der Waals surface area (Å²) in [7, 11) is 0. The van der Waals surface area contributed by atoms with Crippen molar-refractivity contribution in [3.63, 3.8) is 0 Å². The minimum atomic E-state index is 0.112. The standard InChI is InChI=1S/C24H28ClN3O/c25-21-11-3-1-10-20(21)23(28-14-5-6-15-28)17-27-24(29)13-7-8-18-16-26-22-12-4-2-9-19(18)22/h1-4,9-12,16,23,26H,5-8,13-15,17H2,(H,27,29). The maximum absolute atomic E-state index is 12.5. The molecule has 2 aromatic carbocycles. The predicted molar refractivity (Wildman–Crippen MR) is 119 cm³/mol. The van der Waals surface area contributed by atoms with Gasteiger partial charge in [-0.3, -0.25) is 9.69 Å². The third-order valence-corrected chi connectivity index (χ3v) is 6.21. The molecule has 5 heteroatoms. The smallest absolute Gasteiger partial charge is 0.220 e. The zero-order chi connectivity index (χ0) is 20.1. The lowest BCUT2D eigenvalue weighted by atomic mass is 10.0. The highest BCUT2D eigenvalue weighted by Gasteiger charge is 2.25. The number of amides is 1. The second-order valence-corrected chi connectivity index (χ2v) is 8.20. The summed E-state index contributed by atoms with van der Waals surface area (Å²) in [5.74, 6) is 0.112. The van der Waals surface area contributed by atoms with E-state index >= 15 is 0 Å². The van der Waals surface area contributed by atoms with E-state index in [9.17, 15) is 4.79 Å². The Kier molecular flexibility index (Phi) is 6.53. The monoisotopic (exact) mass is 409 g/mol. The second-order valence-electron chi connectivity index (χ2n) is 7.80. The Hall–Kier alpha value is -2.30. The van der Waals surface area contributed by atoms with Crippen molar-refractivity contribution in [1.82, 2.24) is 15.2 Å². The van der Waals surface area contributed by atoms with Crippen LogP contribution in [-0.4, -0.2) is 35.4 Å². The van der Waals surface area contributed by atoms with Gasteiger partial charge in [-0.05, 0) is 62.0 Å². The first-order valence-electron chi connectivity index (χ1n) is 10.5. The largest absolute Gasteiger partial charge is 0.361 e. The second kappa shape index (κ2) is 9.47. The number of hydrogen-bond acceptors (Lipinski definition) is 2. The van der Waals surface area contributed by atoms with Crippen molar-refractivity contribution in [2.45, 2.75) is 38.1 Å². The van der Waals surface area contributed by atoms with Crippen LogP contribution in [0.1, 0.15) is 42.9 Å². The number of likely N-dealkylation sites (tertiary alicyclic amines) is 1. The molecule has 29 heavy (non-hydrogen) atoms. The fourth-order valence-electron chi connectivity index (χ4n) is 4.31. The van der Waals surface area contributed by atoms with Gasteiger partial charge in [-0.15, -0.1) is 0 Å². The van der Waals surface area contributed by atoms with Gasteiger partial charge in [-0.1, -0.05) is 48.0 Å². The lowest BCUT2D eigenvalue weighted by Gasteiger charge is -2.29. The number of aryl methyl sites for hydroxylation is 1. The highest BCUT2D eigenvalue weighted by atomic mass is 35.5. The molecule has 1 amide bonds. The molecular formula is C24H28ClN3O. The van der Waals surface area contributed by atoms with Gasteiger partial charge in [0, 0.05) is 35.1 Å². The van der Waals surface area contributed by atoms with Crippen LogP contribution in [0.15, 0.2) is 54.7 Å². The van der Waals surface area contributed by atoms with Gasteiger partial charge in [0.2, 0.25) is 5.91 Å². The van der Waals surface area contributed by atoms with E-state index in [1.54, 1.807) is 0 Å². The van der Waals surface area contributed by atoms with E-state index in [0.29, 0.717) is 13.0 Å². The molecule has 1 fully saturated rings. The summed E-state index contributed by atoms with van der Waals surface area (Å²) in [5, 5.41) is 5.18. The van der Waals surface area contributed by atoms with E-state index in [0.717, 1.165) is 42.0 Å². The van der Waals surface area contributed by atoms with Crippen LogP contribution in [0, 0.1) is 0 Å². The number of halogens is 1. The van der Waals surface area contributed by atoms with Gasteiger partial charge < -0.3 is 10.3 Å². The molecule has 1 unspecified atom stereocenters. The number of aromatic nitrogens is 1. The molecule has 0 radical (unpaired) electrons. The molecule has 152 valence electrons.